The van der Waals surface area contributed by atoms with Crippen molar-refractivity contribution in [2.75, 3.05) is 38.4 Å². The van der Waals surface area contributed by atoms with Crippen LogP contribution in [-0.2, 0) is 16.0 Å². The summed E-state index contributed by atoms with van der Waals surface area (Å²) in [6.07, 6.45) is 2.85. The van der Waals surface area contributed by atoms with E-state index in [1.54, 1.807) is 7.11 Å². The third-order valence-electron chi connectivity index (χ3n) is 5.34. The van der Waals surface area contributed by atoms with Gasteiger partial charge in [-0.2, -0.15) is 0 Å². The molecule has 1 unspecified atom stereocenters. The summed E-state index contributed by atoms with van der Waals surface area (Å²) in [6, 6.07) is 6.62. The lowest BCUT2D eigenvalue weighted by Crippen LogP contribution is -2.45. The predicted molar refractivity (Wildman–Crippen MR) is 89.5 cm³/mol. The number of methoxy groups -OCH3 is 1. The molecule has 130 valence electrons. The average Bonchev–Trinajstić information content (AvgIpc) is 2.97. The second-order valence-corrected chi connectivity index (χ2v) is 6.70. The van der Waals surface area contributed by atoms with Crippen molar-refractivity contribution in [1.29, 1.82) is 0 Å². The SMILES string of the molecule is COc1ccc2c(c1)CN(C1CCOCC1)CCC1COC(=O)N21. The Labute approximate surface area is 142 Å². The maximum atomic E-state index is 12.2. The molecule has 0 radical (unpaired) electrons. The van der Waals surface area contributed by atoms with Crippen molar-refractivity contribution >= 4 is 11.8 Å². The van der Waals surface area contributed by atoms with Crippen molar-refractivity contribution in [3.8, 4) is 5.75 Å². The van der Waals surface area contributed by atoms with Crippen LogP contribution in [0.3, 0.4) is 0 Å². The number of nitrogens with zero attached hydrogens (tertiary/aromatic N) is 2. The van der Waals surface area contributed by atoms with Gasteiger partial charge in [0, 0.05) is 32.3 Å². The fraction of sp³-hybridized carbons (Fsp3) is 0.611. The second-order valence-electron chi connectivity index (χ2n) is 6.70. The summed E-state index contributed by atoms with van der Waals surface area (Å²) in [5.74, 6) is 0.824. The summed E-state index contributed by atoms with van der Waals surface area (Å²) in [6.45, 7) is 3.95. The number of hydrogen-bond donors (Lipinski definition) is 0. The van der Waals surface area contributed by atoms with Crippen molar-refractivity contribution < 1.29 is 19.0 Å². The molecule has 1 aromatic carbocycles. The zero-order chi connectivity index (χ0) is 16.5. The summed E-state index contributed by atoms with van der Waals surface area (Å²) in [5, 5.41) is 0. The average molecular weight is 332 g/mol. The van der Waals surface area contributed by atoms with Gasteiger partial charge in [0.15, 0.2) is 0 Å². The number of amides is 1. The van der Waals surface area contributed by atoms with E-state index in [9.17, 15) is 4.79 Å². The van der Waals surface area contributed by atoms with Crippen LogP contribution >= 0.6 is 0 Å². The van der Waals surface area contributed by atoms with E-state index in [0.717, 1.165) is 62.6 Å². The third-order valence-corrected chi connectivity index (χ3v) is 5.34. The molecule has 0 N–H and O–H groups in total. The highest BCUT2D eigenvalue weighted by Crippen LogP contribution is 2.35. The van der Waals surface area contributed by atoms with E-state index in [1.807, 2.05) is 17.0 Å². The molecule has 3 aliphatic heterocycles. The molecule has 24 heavy (non-hydrogen) atoms. The second kappa shape index (κ2) is 6.61. The van der Waals surface area contributed by atoms with Gasteiger partial charge in [0.1, 0.15) is 12.4 Å². The van der Waals surface area contributed by atoms with Crippen LogP contribution in [0.15, 0.2) is 18.2 Å². The number of hydrogen-bond acceptors (Lipinski definition) is 5. The highest BCUT2D eigenvalue weighted by Gasteiger charge is 2.38. The van der Waals surface area contributed by atoms with Crippen LogP contribution in [0, 0.1) is 0 Å². The van der Waals surface area contributed by atoms with E-state index in [-0.39, 0.29) is 12.1 Å². The van der Waals surface area contributed by atoms with Gasteiger partial charge >= 0.3 is 6.09 Å². The zero-order valence-corrected chi connectivity index (χ0v) is 14.1. The Bertz CT molecular complexity index is 615. The molecular formula is C18H24N2O4. The molecule has 6 heteroatoms. The first-order valence-electron chi connectivity index (χ1n) is 8.71. The Morgan fingerprint density at radius 2 is 2.00 bits per heavy atom. The van der Waals surface area contributed by atoms with Crippen LogP contribution in [0.4, 0.5) is 10.5 Å². The summed E-state index contributed by atoms with van der Waals surface area (Å²) in [7, 11) is 1.67. The maximum Gasteiger partial charge on any atom is 0.414 e. The highest BCUT2D eigenvalue weighted by atomic mass is 16.6. The summed E-state index contributed by atoms with van der Waals surface area (Å²) in [5.41, 5.74) is 2.09. The van der Waals surface area contributed by atoms with Crippen molar-refractivity contribution in [1.82, 2.24) is 4.90 Å². The fourth-order valence-corrected chi connectivity index (χ4v) is 3.99. The van der Waals surface area contributed by atoms with Crippen LogP contribution < -0.4 is 9.64 Å². The largest absolute Gasteiger partial charge is 0.497 e. The Hall–Kier alpha value is -1.79. The molecule has 0 aromatic heterocycles. The standard InChI is InChI=1S/C18H24N2O4/c1-22-16-2-3-17-13(10-16)11-19(14-5-8-23-9-6-14)7-4-15-12-24-18(21)20(15)17/h2-3,10,14-15H,4-9,11-12H2,1H3. The molecule has 3 aliphatic rings. The van der Waals surface area contributed by atoms with E-state index in [1.165, 1.54) is 0 Å². The first kappa shape index (κ1) is 15.7. The Morgan fingerprint density at radius 3 is 2.79 bits per heavy atom. The van der Waals surface area contributed by atoms with Crippen LogP contribution in [0.5, 0.6) is 5.75 Å². The van der Waals surface area contributed by atoms with Crippen LogP contribution in [0.1, 0.15) is 24.8 Å². The first-order chi connectivity index (χ1) is 11.8. The molecule has 2 fully saturated rings. The third kappa shape index (κ3) is 2.84. The number of benzene rings is 1. The lowest BCUT2D eigenvalue weighted by molar-refractivity contribution is 0.0293. The molecule has 0 bridgehead atoms. The monoisotopic (exact) mass is 332 g/mol. The Balaban J connectivity index is 1.68. The van der Waals surface area contributed by atoms with E-state index >= 15 is 0 Å². The summed E-state index contributed by atoms with van der Waals surface area (Å²) in [4.78, 5) is 16.6. The van der Waals surface area contributed by atoms with Crippen LogP contribution in [-0.4, -0.2) is 56.6 Å². The predicted octanol–water partition coefficient (Wildman–Crippen LogP) is 2.41. The minimum atomic E-state index is -0.231. The number of carbonyl (C=O) groups excluding carboxylic acids is 1. The number of carbonyl (C=O) groups is 1. The van der Waals surface area contributed by atoms with E-state index in [4.69, 9.17) is 14.2 Å². The minimum Gasteiger partial charge on any atom is -0.497 e. The zero-order valence-electron chi connectivity index (χ0n) is 14.1. The minimum absolute atomic E-state index is 0.118. The number of ether oxygens (including phenoxy) is 3. The topological polar surface area (TPSA) is 51.2 Å². The first-order valence-corrected chi connectivity index (χ1v) is 8.71. The number of cyclic esters (lactones) is 1. The fourth-order valence-electron chi connectivity index (χ4n) is 3.99. The van der Waals surface area contributed by atoms with Gasteiger partial charge in [-0.05, 0) is 43.0 Å². The van der Waals surface area contributed by atoms with Gasteiger partial charge in [-0.3, -0.25) is 9.80 Å². The van der Waals surface area contributed by atoms with Gasteiger partial charge in [-0.25, -0.2) is 4.79 Å². The molecule has 1 atom stereocenters. The molecule has 6 nitrogen and oxygen atoms in total. The smallest absolute Gasteiger partial charge is 0.414 e. The molecule has 0 aliphatic carbocycles. The van der Waals surface area contributed by atoms with Crippen LogP contribution in [0.25, 0.3) is 0 Å². The normalized spacial score (nSPS) is 25.5. The number of anilines is 1. The van der Waals surface area contributed by atoms with Gasteiger partial charge in [-0.15, -0.1) is 0 Å². The molecule has 1 amide bonds. The maximum absolute atomic E-state index is 12.2. The van der Waals surface area contributed by atoms with Gasteiger partial charge in [0.05, 0.1) is 18.8 Å². The van der Waals surface area contributed by atoms with Crippen molar-refractivity contribution in [3.05, 3.63) is 23.8 Å². The molecular weight excluding hydrogens is 308 g/mol. The number of fused-ring (bicyclic) bond motifs is 3. The molecule has 0 spiro atoms. The molecule has 4 rings (SSSR count). The van der Waals surface area contributed by atoms with Crippen molar-refractivity contribution in [2.24, 2.45) is 0 Å². The molecule has 1 aromatic rings. The van der Waals surface area contributed by atoms with E-state index < -0.39 is 0 Å². The van der Waals surface area contributed by atoms with Gasteiger partial charge in [0.25, 0.3) is 0 Å². The number of rotatable bonds is 2. The summed E-state index contributed by atoms with van der Waals surface area (Å²) >= 11 is 0. The Kier molecular flexibility index (Phi) is 4.33. The Morgan fingerprint density at radius 1 is 1.17 bits per heavy atom. The summed E-state index contributed by atoms with van der Waals surface area (Å²) < 4.78 is 16.2. The van der Waals surface area contributed by atoms with Crippen LogP contribution in [0.2, 0.25) is 0 Å². The molecule has 3 heterocycles. The quantitative estimate of drug-likeness (QED) is 0.832. The van der Waals surface area contributed by atoms with Crippen molar-refractivity contribution in [3.63, 3.8) is 0 Å². The molecule has 2 saturated heterocycles. The van der Waals surface area contributed by atoms with Gasteiger partial charge in [0.2, 0.25) is 0 Å². The highest BCUT2D eigenvalue weighted by molar-refractivity contribution is 5.91. The lowest BCUT2D eigenvalue weighted by Gasteiger charge is -2.38. The van der Waals surface area contributed by atoms with E-state index in [0.29, 0.717) is 12.6 Å². The molecule has 0 saturated carbocycles. The van der Waals surface area contributed by atoms with Gasteiger partial charge in [-0.1, -0.05) is 0 Å². The van der Waals surface area contributed by atoms with Gasteiger partial charge < -0.3 is 14.2 Å². The lowest BCUT2D eigenvalue weighted by atomic mass is 10.0. The van der Waals surface area contributed by atoms with E-state index in [2.05, 4.69) is 11.0 Å². The van der Waals surface area contributed by atoms with Crippen molar-refractivity contribution in [2.45, 2.75) is 37.9 Å².